The Bertz CT molecular complexity index is 452. The topological polar surface area (TPSA) is 43.4 Å². The van der Waals surface area contributed by atoms with Crippen LogP contribution >= 0.6 is 0 Å². The van der Waals surface area contributed by atoms with Gasteiger partial charge in [0.15, 0.2) is 0 Å². The first-order valence-electron chi connectivity index (χ1n) is 5.56. The Labute approximate surface area is 106 Å². The Morgan fingerprint density at radius 1 is 1.26 bits per heavy atom. The fourth-order valence-corrected chi connectivity index (χ4v) is 1.85. The molecule has 1 saturated heterocycles. The van der Waals surface area contributed by atoms with Crippen LogP contribution in [0.1, 0.15) is 6.42 Å². The predicted octanol–water partition coefficient (Wildman–Crippen LogP) is 1.86. The summed E-state index contributed by atoms with van der Waals surface area (Å²) in [5.41, 5.74) is -1.66. The zero-order valence-electron chi connectivity index (χ0n) is 10.1. The van der Waals surface area contributed by atoms with Crippen molar-refractivity contribution < 1.29 is 27.0 Å². The summed E-state index contributed by atoms with van der Waals surface area (Å²) in [5, 5.41) is 2.32. The third-order valence-corrected chi connectivity index (χ3v) is 3.09. The van der Waals surface area contributed by atoms with Crippen molar-refractivity contribution in [2.45, 2.75) is 12.0 Å². The van der Waals surface area contributed by atoms with Crippen LogP contribution in [0.4, 0.5) is 23.2 Å². The summed E-state index contributed by atoms with van der Waals surface area (Å²) < 4.78 is 62.9. The zero-order chi connectivity index (χ0) is 14.0. The molecule has 1 fully saturated rings. The number of nitrogens with one attached hydrogen (secondary N) is 1. The third kappa shape index (κ3) is 2.64. The van der Waals surface area contributed by atoms with Crippen molar-refractivity contribution >= 4 is 5.69 Å². The van der Waals surface area contributed by atoms with Crippen LogP contribution in [0, 0.1) is 23.5 Å². The van der Waals surface area contributed by atoms with Crippen molar-refractivity contribution in [3.05, 3.63) is 23.5 Å². The lowest BCUT2D eigenvalue weighted by Crippen LogP contribution is -2.40. The van der Waals surface area contributed by atoms with Crippen LogP contribution < -0.4 is 5.32 Å². The van der Waals surface area contributed by atoms with Crippen LogP contribution in [0.5, 0.6) is 0 Å². The second kappa shape index (κ2) is 5.30. The zero-order valence-corrected chi connectivity index (χ0v) is 10.1. The molecule has 0 spiro atoms. The smallest absolute Gasteiger partial charge is 0.253 e. The lowest BCUT2D eigenvalue weighted by molar-refractivity contribution is -0.00630. The summed E-state index contributed by atoms with van der Waals surface area (Å²) in [6, 6.07) is 0. The van der Waals surface area contributed by atoms with E-state index in [0.717, 1.165) is 0 Å². The SMILES string of the molecule is COC1(CNc2c(F)c(F)nc(F)c2F)CCOC1. The van der Waals surface area contributed by atoms with Crippen molar-refractivity contribution in [1.29, 1.82) is 0 Å². The Morgan fingerprint density at radius 3 is 2.37 bits per heavy atom. The summed E-state index contributed by atoms with van der Waals surface area (Å²) in [7, 11) is 1.43. The van der Waals surface area contributed by atoms with Gasteiger partial charge in [-0.1, -0.05) is 0 Å². The molecule has 106 valence electrons. The highest BCUT2D eigenvalue weighted by Gasteiger charge is 2.35. The summed E-state index contributed by atoms with van der Waals surface area (Å²) in [6.45, 7) is 0.634. The van der Waals surface area contributed by atoms with E-state index in [1.54, 1.807) is 0 Å². The Morgan fingerprint density at radius 2 is 1.89 bits per heavy atom. The van der Waals surface area contributed by atoms with Gasteiger partial charge in [-0.2, -0.15) is 22.5 Å². The fraction of sp³-hybridized carbons (Fsp3) is 0.545. The van der Waals surface area contributed by atoms with Gasteiger partial charge >= 0.3 is 0 Å². The lowest BCUT2D eigenvalue weighted by Gasteiger charge is -2.26. The number of methoxy groups -OCH3 is 1. The number of hydrogen-bond acceptors (Lipinski definition) is 4. The van der Waals surface area contributed by atoms with Crippen LogP contribution in [-0.2, 0) is 9.47 Å². The number of hydrogen-bond donors (Lipinski definition) is 1. The second-order valence-corrected chi connectivity index (χ2v) is 4.24. The number of pyridine rings is 1. The van der Waals surface area contributed by atoms with Crippen molar-refractivity contribution in [3.63, 3.8) is 0 Å². The summed E-state index contributed by atoms with van der Waals surface area (Å²) >= 11 is 0. The minimum absolute atomic E-state index is 0.0414. The molecule has 4 nitrogen and oxygen atoms in total. The maximum absolute atomic E-state index is 13.4. The highest BCUT2D eigenvalue weighted by molar-refractivity contribution is 5.45. The van der Waals surface area contributed by atoms with E-state index in [-0.39, 0.29) is 13.2 Å². The van der Waals surface area contributed by atoms with Gasteiger partial charge in [0, 0.05) is 26.7 Å². The molecule has 1 aliphatic rings. The van der Waals surface area contributed by atoms with E-state index in [0.29, 0.717) is 13.0 Å². The Hall–Kier alpha value is -1.41. The van der Waals surface area contributed by atoms with Gasteiger partial charge < -0.3 is 14.8 Å². The molecule has 0 radical (unpaired) electrons. The molecule has 1 aliphatic heterocycles. The average molecular weight is 280 g/mol. The van der Waals surface area contributed by atoms with Gasteiger partial charge in [-0.05, 0) is 0 Å². The van der Waals surface area contributed by atoms with E-state index in [9.17, 15) is 17.6 Å². The predicted molar refractivity (Wildman–Crippen MR) is 57.7 cm³/mol. The van der Waals surface area contributed by atoms with E-state index < -0.39 is 34.8 Å². The second-order valence-electron chi connectivity index (χ2n) is 4.24. The molecule has 0 amide bonds. The number of halogens is 4. The van der Waals surface area contributed by atoms with Crippen LogP contribution in [0.2, 0.25) is 0 Å². The van der Waals surface area contributed by atoms with Crippen LogP contribution in [0.15, 0.2) is 0 Å². The fourth-order valence-electron chi connectivity index (χ4n) is 1.85. The normalized spacial score (nSPS) is 22.8. The van der Waals surface area contributed by atoms with Crippen LogP contribution in [-0.4, -0.2) is 37.5 Å². The van der Waals surface area contributed by atoms with Crippen molar-refractivity contribution in [2.24, 2.45) is 0 Å². The van der Waals surface area contributed by atoms with E-state index in [2.05, 4.69) is 10.3 Å². The Kier molecular flexibility index (Phi) is 3.91. The van der Waals surface area contributed by atoms with Gasteiger partial charge in [0.1, 0.15) is 11.3 Å². The molecule has 2 heterocycles. The highest BCUT2D eigenvalue weighted by atomic mass is 19.2. The number of aromatic nitrogens is 1. The van der Waals surface area contributed by atoms with Gasteiger partial charge in [0.25, 0.3) is 11.9 Å². The number of anilines is 1. The minimum Gasteiger partial charge on any atom is -0.378 e. The van der Waals surface area contributed by atoms with Crippen molar-refractivity contribution in [3.8, 4) is 0 Å². The summed E-state index contributed by atoms with van der Waals surface area (Å²) in [6.07, 6.45) is 0.510. The molecular weight excluding hydrogens is 268 g/mol. The standard InChI is InChI=1S/C11H12F4N2O2/c1-18-11(2-3-19-5-11)4-16-8-6(12)9(14)17-10(15)7(8)13/h2-5H2,1H3,(H,16,17). The first kappa shape index (κ1) is 14.0. The maximum atomic E-state index is 13.4. The van der Waals surface area contributed by atoms with Gasteiger partial charge in [0.05, 0.1) is 6.61 Å². The largest absolute Gasteiger partial charge is 0.378 e. The first-order chi connectivity index (χ1) is 8.99. The summed E-state index contributed by atoms with van der Waals surface area (Å²) in [4.78, 5) is 2.47. The molecular formula is C11H12F4N2O2. The summed E-state index contributed by atoms with van der Waals surface area (Å²) in [5.74, 6) is -6.53. The van der Waals surface area contributed by atoms with Crippen LogP contribution in [0.3, 0.4) is 0 Å². The Balaban J connectivity index is 2.20. The van der Waals surface area contributed by atoms with Gasteiger partial charge in [0.2, 0.25) is 11.6 Å². The molecule has 8 heteroatoms. The van der Waals surface area contributed by atoms with Crippen molar-refractivity contribution in [2.75, 3.05) is 32.2 Å². The lowest BCUT2D eigenvalue weighted by atomic mass is 10.0. The molecule has 1 aromatic heterocycles. The molecule has 19 heavy (non-hydrogen) atoms. The van der Waals surface area contributed by atoms with E-state index in [1.807, 2.05) is 0 Å². The molecule has 0 aromatic carbocycles. The number of ether oxygens (including phenoxy) is 2. The average Bonchev–Trinajstić information content (AvgIpc) is 2.86. The molecule has 0 aliphatic carbocycles. The monoisotopic (exact) mass is 280 g/mol. The number of rotatable bonds is 4. The molecule has 2 rings (SSSR count). The van der Waals surface area contributed by atoms with Gasteiger partial charge in [-0.15, -0.1) is 0 Å². The van der Waals surface area contributed by atoms with E-state index in [1.165, 1.54) is 7.11 Å². The van der Waals surface area contributed by atoms with Gasteiger partial charge in [-0.3, -0.25) is 0 Å². The number of nitrogens with zero attached hydrogens (tertiary/aromatic N) is 1. The minimum atomic E-state index is -1.70. The first-order valence-corrected chi connectivity index (χ1v) is 5.56. The van der Waals surface area contributed by atoms with E-state index in [4.69, 9.17) is 9.47 Å². The molecule has 1 aromatic rings. The van der Waals surface area contributed by atoms with E-state index >= 15 is 0 Å². The third-order valence-electron chi connectivity index (χ3n) is 3.09. The highest BCUT2D eigenvalue weighted by Crippen LogP contribution is 2.26. The molecule has 0 saturated carbocycles. The molecule has 1 unspecified atom stereocenters. The quantitative estimate of drug-likeness (QED) is 0.675. The van der Waals surface area contributed by atoms with Crippen LogP contribution in [0.25, 0.3) is 0 Å². The maximum Gasteiger partial charge on any atom is 0.253 e. The molecule has 0 bridgehead atoms. The van der Waals surface area contributed by atoms with Gasteiger partial charge in [-0.25, -0.2) is 0 Å². The van der Waals surface area contributed by atoms with Crippen molar-refractivity contribution in [1.82, 2.24) is 4.98 Å². The molecule has 1 N–H and O–H groups in total. The molecule has 1 atom stereocenters.